The Labute approximate surface area is 210 Å². The van der Waals surface area contributed by atoms with Gasteiger partial charge in [-0.25, -0.2) is 4.98 Å². The van der Waals surface area contributed by atoms with Crippen LogP contribution in [0.5, 0.6) is 11.5 Å². The predicted molar refractivity (Wildman–Crippen MR) is 144 cm³/mol. The van der Waals surface area contributed by atoms with Crippen LogP contribution in [0.4, 0.5) is 0 Å². The summed E-state index contributed by atoms with van der Waals surface area (Å²) in [5.74, 6) is 1.34. The maximum absolute atomic E-state index is 6.33. The summed E-state index contributed by atoms with van der Waals surface area (Å²) >= 11 is 0. The maximum atomic E-state index is 6.33. The van der Waals surface area contributed by atoms with Gasteiger partial charge < -0.3 is 4.74 Å². The number of aromatic nitrogens is 6. The SMILES string of the molecule is c1ccc2c(c1)c1cccnc1n2-c1cncc(Oc2ccc3c4ccccc4n4cnnc4c3c2)c1. The van der Waals surface area contributed by atoms with Gasteiger partial charge in [-0.15, -0.1) is 10.2 Å². The van der Waals surface area contributed by atoms with Crippen molar-refractivity contribution in [3.05, 3.63) is 110 Å². The van der Waals surface area contributed by atoms with E-state index in [9.17, 15) is 0 Å². The fourth-order valence-electron chi connectivity index (χ4n) is 5.29. The van der Waals surface area contributed by atoms with Gasteiger partial charge >= 0.3 is 0 Å². The molecule has 5 heterocycles. The third kappa shape index (κ3) is 2.94. The molecule has 8 rings (SSSR count). The van der Waals surface area contributed by atoms with Crippen LogP contribution >= 0.6 is 0 Å². The molecule has 37 heavy (non-hydrogen) atoms. The van der Waals surface area contributed by atoms with Gasteiger partial charge in [0.25, 0.3) is 0 Å². The summed E-state index contributed by atoms with van der Waals surface area (Å²) in [6.07, 6.45) is 7.12. The number of hydrogen-bond acceptors (Lipinski definition) is 5. The van der Waals surface area contributed by atoms with E-state index in [2.05, 4.69) is 61.1 Å². The number of nitrogens with zero attached hydrogens (tertiary/aromatic N) is 6. The molecule has 0 aliphatic heterocycles. The second kappa shape index (κ2) is 7.60. The molecule has 0 aliphatic carbocycles. The van der Waals surface area contributed by atoms with Crippen LogP contribution in [-0.2, 0) is 0 Å². The van der Waals surface area contributed by atoms with Crippen molar-refractivity contribution in [1.29, 1.82) is 0 Å². The van der Waals surface area contributed by atoms with E-state index in [4.69, 9.17) is 4.74 Å². The van der Waals surface area contributed by atoms with E-state index in [1.54, 1.807) is 12.5 Å². The minimum Gasteiger partial charge on any atom is -0.456 e. The second-order valence-electron chi connectivity index (χ2n) is 8.96. The standard InChI is InChI=1S/C30H18N6O/c1-3-9-27-23(6-1)22-12-11-20(15-26(22)30-34-33-18-35(27)30)37-21-14-19(16-31-17-21)36-28-10-4-2-7-24(28)25-8-5-13-32-29(25)36/h1-18H. The Morgan fingerprint density at radius 3 is 2.35 bits per heavy atom. The number of rotatable bonds is 3. The van der Waals surface area contributed by atoms with Crippen molar-refractivity contribution in [1.82, 2.24) is 29.1 Å². The zero-order chi connectivity index (χ0) is 24.3. The van der Waals surface area contributed by atoms with Gasteiger partial charge in [0, 0.05) is 33.8 Å². The first-order valence-electron chi connectivity index (χ1n) is 12.0. The number of benzene rings is 3. The molecular weight excluding hydrogens is 460 g/mol. The minimum absolute atomic E-state index is 0.636. The quantitative estimate of drug-likeness (QED) is 0.264. The van der Waals surface area contributed by atoms with E-state index in [1.807, 2.05) is 65.3 Å². The van der Waals surface area contributed by atoms with E-state index in [0.717, 1.165) is 54.9 Å². The summed E-state index contributed by atoms with van der Waals surface area (Å²) in [5.41, 5.74) is 4.70. The van der Waals surface area contributed by atoms with Crippen molar-refractivity contribution >= 4 is 49.3 Å². The molecule has 3 aromatic carbocycles. The van der Waals surface area contributed by atoms with Crippen LogP contribution in [0.15, 0.2) is 110 Å². The van der Waals surface area contributed by atoms with E-state index < -0.39 is 0 Å². The molecular formula is C30H18N6O. The lowest BCUT2D eigenvalue weighted by molar-refractivity contribution is 0.481. The number of para-hydroxylation sites is 2. The van der Waals surface area contributed by atoms with E-state index in [-0.39, 0.29) is 0 Å². The smallest absolute Gasteiger partial charge is 0.169 e. The lowest BCUT2D eigenvalue weighted by Crippen LogP contribution is -1.97. The Hall–Kier alpha value is -5.30. The Morgan fingerprint density at radius 2 is 1.43 bits per heavy atom. The topological polar surface area (TPSA) is 70.1 Å². The maximum Gasteiger partial charge on any atom is 0.169 e. The number of pyridine rings is 3. The van der Waals surface area contributed by atoms with Gasteiger partial charge in [0.15, 0.2) is 5.65 Å². The van der Waals surface area contributed by atoms with Crippen LogP contribution in [-0.4, -0.2) is 29.1 Å². The van der Waals surface area contributed by atoms with Crippen LogP contribution in [0.1, 0.15) is 0 Å². The predicted octanol–water partition coefficient (Wildman–Crippen LogP) is 6.72. The lowest BCUT2D eigenvalue weighted by atomic mass is 10.1. The Balaban J connectivity index is 1.26. The van der Waals surface area contributed by atoms with Gasteiger partial charge in [0.2, 0.25) is 0 Å². The summed E-state index contributed by atoms with van der Waals surface area (Å²) in [5, 5.41) is 14.0. The average Bonchev–Trinajstić information content (AvgIpc) is 3.57. The molecule has 0 radical (unpaired) electrons. The van der Waals surface area contributed by atoms with Crippen molar-refractivity contribution in [3.63, 3.8) is 0 Å². The molecule has 0 atom stereocenters. The van der Waals surface area contributed by atoms with Crippen molar-refractivity contribution in [2.45, 2.75) is 0 Å². The Kier molecular flexibility index (Phi) is 4.10. The molecule has 0 aliphatic rings. The van der Waals surface area contributed by atoms with E-state index in [0.29, 0.717) is 11.5 Å². The van der Waals surface area contributed by atoms with Gasteiger partial charge in [0.1, 0.15) is 23.5 Å². The average molecular weight is 479 g/mol. The minimum atomic E-state index is 0.636. The summed E-state index contributed by atoms with van der Waals surface area (Å²) in [4.78, 5) is 9.17. The molecule has 0 saturated carbocycles. The first-order chi connectivity index (χ1) is 18.3. The van der Waals surface area contributed by atoms with Gasteiger partial charge in [-0.1, -0.05) is 36.4 Å². The molecule has 0 unspecified atom stereocenters. The zero-order valence-corrected chi connectivity index (χ0v) is 19.5. The molecule has 7 nitrogen and oxygen atoms in total. The summed E-state index contributed by atoms with van der Waals surface area (Å²) in [7, 11) is 0. The third-order valence-corrected chi connectivity index (χ3v) is 6.86. The van der Waals surface area contributed by atoms with Gasteiger partial charge in [-0.3, -0.25) is 14.0 Å². The summed E-state index contributed by atoms with van der Waals surface area (Å²) in [6, 6.07) is 28.7. The largest absolute Gasteiger partial charge is 0.456 e. The van der Waals surface area contributed by atoms with Crippen LogP contribution < -0.4 is 4.74 Å². The molecule has 0 bridgehead atoms. The van der Waals surface area contributed by atoms with Gasteiger partial charge in [-0.05, 0) is 47.9 Å². The van der Waals surface area contributed by atoms with Crippen LogP contribution in [0.25, 0.3) is 54.9 Å². The van der Waals surface area contributed by atoms with Gasteiger partial charge in [-0.2, -0.15) is 0 Å². The first-order valence-corrected chi connectivity index (χ1v) is 12.0. The number of hydrogen-bond donors (Lipinski definition) is 0. The molecule has 0 N–H and O–H groups in total. The highest BCUT2D eigenvalue weighted by molar-refractivity contribution is 6.12. The molecule has 7 heteroatoms. The number of ether oxygens (including phenoxy) is 1. The van der Waals surface area contributed by atoms with Gasteiger partial charge in [0.05, 0.1) is 29.1 Å². The molecule has 0 spiro atoms. The van der Waals surface area contributed by atoms with Crippen molar-refractivity contribution < 1.29 is 4.74 Å². The highest BCUT2D eigenvalue weighted by atomic mass is 16.5. The van der Waals surface area contributed by atoms with Crippen LogP contribution in [0.2, 0.25) is 0 Å². The first kappa shape index (κ1) is 19.9. The highest BCUT2D eigenvalue weighted by Gasteiger charge is 2.14. The normalized spacial score (nSPS) is 11.8. The third-order valence-electron chi connectivity index (χ3n) is 6.86. The van der Waals surface area contributed by atoms with Crippen LogP contribution in [0, 0.1) is 0 Å². The summed E-state index contributed by atoms with van der Waals surface area (Å²) < 4.78 is 10.5. The second-order valence-corrected chi connectivity index (χ2v) is 8.96. The van der Waals surface area contributed by atoms with Crippen molar-refractivity contribution in [2.24, 2.45) is 0 Å². The molecule has 5 aromatic heterocycles. The lowest BCUT2D eigenvalue weighted by Gasteiger charge is -2.12. The highest BCUT2D eigenvalue weighted by Crippen LogP contribution is 2.34. The van der Waals surface area contributed by atoms with E-state index >= 15 is 0 Å². The molecule has 0 amide bonds. The fourth-order valence-corrected chi connectivity index (χ4v) is 5.29. The van der Waals surface area contributed by atoms with Crippen molar-refractivity contribution in [3.8, 4) is 17.2 Å². The van der Waals surface area contributed by atoms with E-state index in [1.165, 1.54) is 0 Å². The summed E-state index contributed by atoms with van der Waals surface area (Å²) in [6.45, 7) is 0. The number of fused-ring (bicyclic) bond motifs is 9. The Morgan fingerprint density at radius 1 is 0.622 bits per heavy atom. The fraction of sp³-hybridized carbons (Fsp3) is 0. The monoisotopic (exact) mass is 478 g/mol. The zero-order valence-electron chi connectivity index (χ0n) is 19.5. The molecule has 8 aromatic rings. The Bertz CT molecular complexity index is 2090. The van der Waals surface area contributed by atoms with Crippen molar-refractivity contribution in [2.75, 3.05) is 0 Å². The molecule has 0 saturated heterocycles. The van der Waals surface area contributed by atoms with Crippen LogP contribution in [0.3, 0.4) is 0 Å². The molecule has 174 valence electrons. The molecule has 0 fully saturated rings.